The molecule has 0 aliphatic rings. The first-order valence-electron chi connectivity index (χ1n) is 8.14. The Labute approximate surface area is 146 Å². The van der Waals surface area contributed by atoms with Crippen molar-refractivity contribution in [3.63, 3.8) is 0 Å². The molecule has 0 aliphatic carbocycles. The molecule has 3 aromatic carbocycles. The van der Waals surface area contributed by atoms with Gasteiger partial charge < -0.3 is 0 Å². The third-order valence-corrected chi connectivity index (χ3v) is 4.09. The lowest BCUT2D eigenvalue weighted by Crippen LogP contribution is -1.86. The van der Waals surface area contributed by atoms with Crippen LogP contribution in [-0.4, -0.2) is 0 Å². The van der Waals surface area contributed by atoms with E-state index in [9.17, 15) is 4.39 Å². The van der Waals surface area contributed by atoms with Gasteiger partial charge in [0.2, 0.25) is 0 Å². The monoisotopic (exact) mass is 327 g/mol. The molecule has 4 rings (SSSR count). The Balaban J connectivity index is 1.90. The van der Waals surface area contributed by atoms with Gasteiger partial charge in [0, 0.05) is 5.56 Å². The van der Waals surface area contributed by atoms with Crippen LogP contribution in [0.2, 0.25) is 0 Å². The highest BCUT2D eigenvalue weighted by atomic mass is 19.1. The number of hydrogen-bond acceptors (Lipinski definition) is 0. The summed E-state index contributed by atoms with van der Waals surface area (Å²) < 4.78 is 19.4. The predicted octanol–water partition coefficient (Wildman–Crippen LogP) is 6.70. The molecule has 0 saturated carbocycles. The van der Waals surface area contributed by atoms with E-state index < -0.39 is 0 Å². The van der Waals surface area contributed by atoms with E-state index in [2.05, 4.69) is 12.1 Å². The van der Waals surface area contributed by atoms with Crippen molar-refractivity contribution < 1.29 is 8.81 Å². The Morgan fingerprint density at radius 1 is 0.480 bits per heavy atom. The standard InChI is InChI=1S/C23H16FO/c24-21-13-11-19(12-14-21)23-16-20(17-7-3-1-4-8-17)15-22(25-23)18-9-5-2-6-10-18/h1-16H/q+1. The Morgan fingerprint density at radius 3 is 1.52 bits per heavy atom. The lowest BCUT2D eigenvalue weighted by Gasteiger charge is -2.02. The molecule has 0 saturated heterocycles. The van der Waals surface area contributed by atoms with Gasteiger partial charge in [0.15, 0.2) is 0 Å². The average Bonchev–Trinajstić information content (AvgIpc) is 2.69. The molecule has 1 nitrogen and oxygen atoms in total. The maximum absolute atomic E-state index is 13.3. The molecule has 0 radical (unpaired) electrons. The second kappa shape index (κ2) is 6.70. The minimum Gasteiger partial charge on any atom is -0.207 e. The normalized spacial score (nSPS) is 10.6. The van der Waals surface area contributed by atoms with E-state index in [1.54, 1.807) is 12.1 Å². The van der Waals surface area contributed by atoms with E-state index in [1.807, 2.05) is 60.7 Å². The summed E-state index contributed by atoms with van der Waals surface area (Å²) in [5, 5.41) is 0. The minimum atomic E-state index is -0.258. The van der Waals surface area contributed by atoms with Crippen LogP contribution in [0.15, 0.2) is 101 Å². The van der Waals surface area contributed by atoms with Crippen molar-refractivity contribution in [2.24, 2.45) is 0 Å². The van der Waals surface area contributed by atoms with Crippen molar-refractivity contribution in [1.82, 2.24) is 0 Å². The molecule has 0 spiro atoms. The topological polar surface area (TPSA) is 11.3 Å². The SMILES string of the molecule is Fc1ccc(-c2cc(-c3ccccc3)cc(-c3ccccc3)[o+]2)cc1. The van der Waals surface area contributed by atoms with Gasteiger partial charge in [-0.3, -0.25) is 0 Å². The zero-order valence-electron chi connectivity index (χ0n) is 13.5. The molecule has 0 unspecified atom stereocenters. The highest BCUT2D eigenvalue weighted by molar-refractivity contribution is 5.74. The van der Waals surface area contributed by atoms with Crippen LogP contribution >= 0.6 is 0 Å². The van der Waals surface area contributed by atoms with Crippen LogP contribution in [0.3, 0.4) is 0 Å². The van der Waals surface area contributed by atoms with Crippen LogP contribution in [0, 0.1) is 5.82 Å². The molecule has 0 atom stereocenters. The Hall–Kier alpha value is -3.26. The van der Waals surface area contributed by atoms with Crippen molar-refractivity contribution in [3.05, 3.63) is 103 Å². The minimum absolute atomic E-state index is 0.258. The van der Waals surface area contributed by atoms with Gasteiger partial charge in [0.1, 0.15) is 5.82 Å². The maximum Gasteiger partial charge on any atom is 0.361 e. The summed E-state index contributed by atoms with van der Waals surface area (Å²) in [6.07, 6.45) is 0. The summed E-state index contributed by atoms with van der Waals surface area (Å²) >= 11 is 0. The molecular weight excluding hydrogens is 311 g/mol. The number of benzene rings is 3. The molecule has 25 heavy (non-hydrogen) atoms. The zero-order valence-corrected chi connectivity index (χ0v) is 13.5. The van der Waals surface area contributed by atoms with Gasteiger partial charge >= 0.3 is 11.5 Å². The quantitative estimate of drug-likeness (QED) is 0.381. The summed E-state index contributed by atoms with van der Waals surface area (Å²) in [6.45, 7) is 0. The summed E-state index contributed by atoms with van der Waals surface area (Å²) in [4.78, 5) is 0. The maximum atomic E-state index is 13.3. The van der Waals surface area contributed by atoms with Gasteiger partial charge in [-0.25, -0.2) is 8.81 Å². The fraction of sp³-hybridized carbons (Fsp3) is 0. The van der Waals surface area contributed by atoms with Crippen LogP contribution in [0.1, 0.15) is 0 Å². The van der Waals surface area contributed by atoms with Crippen molar-refractivity contribution in [2.45, 2.75) is 0 Å². The average molecular weight is 327 g/mol. The predicted molar refractivity (Wildman–Crippen MR) is 99.4 cm³/mol. The molecule has 4 aromatic rings. The summed E-state index contributed by atoms with van der Waals surface area (Å²) in [5.41, 5.74) is 4.02. The fourth-order valence-corrected chi connectivity index (χ4v) is 2.80. The van der Waals surface area contributed by atoms with Crippen LogP contribution < -0.4 is 0 Å². The van der Waals surface area contributed by atoms with Crippen LogP contribution in [-0.2, 0) is 0 Å². The van der Waals surface area contributed by atoms with Crippen molar-refractivity contribution in [3.8, 4) is 33.8 Å². The molecule has 0 N–H and O–H groups in total. The number of hydrogen-bond donors (Lipinski definition) is 0. The van der Waals surface area contributed by atoms with E-state index in [0.717, 1.165) is 28.0 Å². The van der Waals surface area contributed by atoms with E-state index >= 15 is 0 Å². The van der Waals surface area contributed by atoms with E-state index in [4.69, 9.17) is 4.42 Å². The lowest BCUT2D eigenvalue weighted by atomic mass is 10.0. The first-order valence-corrected chi connectivity index (χ1v) is 8.14. The van der Waals surface area contributed by atoms with E-state index in [0.29, 0.717) is 5.76 Å². The summed E-state index contributed by atoms with van der Waals surface area (Å²) in [6, 6.07) is 30.5. The number of rotatable bonds is 3. The number of halogens is 1. The first kappa shape index (κ1) is 15.3. The second-order valence-electron chi connectivity index (χ2n) is 5.81. The van der Waals surface area contributed by atoms with Gasteiger partial charge in [-0.05, 0) is 42.0 Å². The highest BCUT2D eigenvalue weighted by Gasteiger charge is 2.20. The van der Waals surface area contributed by atoms with Gasteiger partial charge in [0.05, 0.1) is 23.3 Å². The third-order valence-electron chi connectivity index (χ3n) is 4.09. The van der Waals surface area contributed by atoms with Gasteiger partial charge in [0.25, 0.3) is 0 Å². The Morgan fingerprint density at radius 2 is 0.960 bits per heavy atom. The lowest BCUT2D eigenvalue weighted by molar-refractivity contribution is 0.582. The van der Waals surface area contributed by atoms with Crippen molar-refractivity contribution in [1.29, 1.82) is 0 Å². The van der Waals surface area contributed by atoms with Crippen molar-refractivity contribution in [2.75, 3.05) is 0 Å². The largest absolute Gasteiger partial charge is 0.361 e. The molecule has 0 bridgehead atoms. The Kier molecular flexibility index (Phi) is 4.09. The van der Waals surface area contributed by atoms with Crippen LogP contribution in [0.25, 0.3) is 33.8 Å². The van der Waals surface area contributed by atoms with Crippen LogP contribution in [0.4, 0.5) is 4.39 Å². The van der Waals surface area contributed by atoms with Gasteiger partial charge in [-0.1, -0.05) is 48.5 Å². The van der Waals surface area contributed by atoms with E-state index in [1.165, 1.54) is 12.1 Å². The molecule has 1 heterocycles. The first-order chi connectivity index (χ1) is 12.3. The molecule has 0 aliphatic heterocycles. The molecule has 0 fully saturated rings. The molecular formula is C23H16FO+. The molecule has 1 aromatic heterocycles. The second-order valence-corrected chi connectivity index (χ2v) is 5.81. The molecule has 0 amide bonds. The highest BCUT2D eigenvalue weighted by Crippen LogP contribution is 2.32. The Bertz CT molecular complexity index is 920. The van der Waals surface area contributed by atoms with Gasteiger partial charge in [-0.15, -0.1) is 0 Å². The molecule has 2 heteroatoms. The van der Waals surface area contributed by atoms with Crippen LogP contribution in [0.5, 0.6) is 0 Å². The zero-order chi connectivity index (χ0) is 17.1. The third kappa shape index (κ3) is 3.33. The smallest absolute Gasteiger partial charge is 0.207 e. The van der Waals surface area contributed by atoms with Gasteiger partial charge in [-0.2, -0.15) is 0 Å². The molecule has 120 valence electrons. The fourth-order valence-electron chi connectivity index (χ4n) is 2.80. The van der Waals surface area contributed by atoms with Crippen molar-refractivity contribution >= 4 is 0 Å². The summed E-state index contributed by atoms with van der Waals surface area (Å²) in [5.74, 6) is 1.23. The van der Waals surface area contributed by atoms with E-state index in [-0.39, 0.29) is 5.82 Å². The summed E-state index contributed by atoms with van der Waals surface area (Å²) in [7, 11) is 0.